The quantitative estimate of drug-likeness (QED) is 0.376. The van der Waals surface area contributed by atoms with E-state index in [4.69, 9.17) is 0 Å². The number of carbonyl (C=O) groups excluding carboxylic acids is 1. The molecule has 0 heterocycles. The number of rotatable bonds is 1. The molecule has 5 aliphatic carbocycles. The Morgan fingerprint density at radius 1 is 0.972 bits per heavy atom. The molecule has 4 heteroatoms. The van der Waals surface area contributed by atoms with Crippen LogP contribution in [0.5, 0.6) is 0 Å². The SMILES string of the molecule is C=CC12CCC(C)(C)CC1C1(O)C(=O)CC3C4(C)CC(C#N)=C(O)C(C)(C)C4CCC3(C)[C@]1(C)CC2. The van der Waals surface area contributed by atoms with Gasteiger partial charge in [0.1, 0.15) is 11.4 Å². The van der Waals surface area contributed by atoms with Crippen molar-refractivity contribution in [1.82, 2.24) is 0 Å². The van der Waals surface area contributed by atoms with Gasteiger partial charge < -0.3 is 10.2 Å². The van der Waals surface area contributed by atoms with E-state index >= 15 is 0 Å². The second kappa shape index (κ2) is 7.28. The maximum atomic E-state index is 14.5. The number of aliphatic hydroxyl groups excluding tert-OH is 1. The number of hydrogen-bond acceptors (Lipinski definition) is 4. The van der Waals surface area contributed by atoms with Gasteiger partial charge in [-0.15, -0.1) is 6.58 Å². The Morgan fingerprint density at radius 3 is 2.22 bits per heavy atom. The second-order valence-electron chi connectivity index (χ2n) is 15.5. The van der Waals surface area contributed by atoms with Crippen molar-refractivity contribution in [1.29, 1.82) is 5.26 Å². The van der Waals surface area contributed by atoms with Crippen LogP contribution in [0.4, 0.5) is 0 Å². The summed E-state index contributed by atoms with van der Waals surface area (Å²) in [4.78, 5) is 14.5. The number of fused-ring (bicyclic) bond motifs is 7. The van der Waals surface area contributed by atoms with Gasteiger partial charge in [0.15, 0.2) is 5.78 Å². The maximum Gasteiger partial charge on any atom is 0.165 e. The fourth-order valence-corrected chi connectivity index (χ4v) is 11.0. The predicted molar refractivity (Wildman–Crippen MR) is 142 cm³/mol. The molecule has 8 atom stereocenters. The van der Waals surface area contributed by atoms with Crippen molar-refractivity contribution in [3.05, 3.63) is 24.0 Å². The zero-order valence-electron chi connectivity index (χ0n) is 23.6. The normalized spacial score (nSPS) is 51.2. The van der Waals surface area contributed by atoms with Gasteiger partial charge in [-0.25, -0.2) is 0 Å². The Bertz CT molecular complexity index is 1100. The molecule has 0 aromatic carbocycles. The first-order chi connectivity index (χ1) is 16.5. The first-order valence-corrected chi connectivity index (χ1v) is 14.2. The summed E-state index contributed by atoms with van der Waals surface area (Å²) < 4.78 is 0. The van der Waals surface area contributed by atoms with Gasteiger partial charge in [-0.05, 0) is 84.9 Å². The number of carbonyl (C=O) groups is 1. The van der Waals surface area contributed by atoms with E-state index in [0.29, 0.717) is 18.4 Å². The molecular weight excluding hydrogens is 446 g/mol. The highest BCUT2D eigenvalue weighted by Crippen LogP contribution is 2.77. The highest BCUT2D eigenvalue weighted by Gasteiger charge is 2.77. The molecule has 0 aromatic heterocycles. The second-order valence-corrected chi connectivity index (χ2v) is 15.5. The lowest BCUT2D eigenvalue weighted by atomic mass is 9.30. The summed E-state index contributed by atoms with van der Waals surface area (Å²) >= 11 is 0. The topological polar surface area (TPSA) is 81.3 Å². The molecule has 0 amide bonds. The van der Waals surface area contributed by atoms with Crippen LogP contribution in [0, 0.1) is 61.6 Å². The number of ketones is 1. The van der Waals surface area contributed by atoms with Gasteiger partial charge in [0.25, 0.3) is 0 Å². The summed E-state index contributed by atoms with van der Waals surface area (Å²) in [6.45, 7) is 19.8. The Morgan fingerprint density at radius 2 is 1.61 bits per heavy atom. The number of Topliss-reactive ketones (excluding diaryl/α,β-unsaturated/α-hetero) is 1. The minimum atomic E-state index is -1.37. The van der Waals surface area contributed by atoms with Crippen LogP contribution in [0.15, 0.2) is 24.0 Å². The number of nitriles is 1. The van der Waals surface area contributed by atoms with Crippen molar-refractivity contribution >= 4 is 5.78 Å². The highest BCUT2D eigenvalue weighted by molar-refractivity contribution is 5.90. The van der Waals surface area contributed by atoms with Crippen LogP contribution in [0.3, 0.4) is 0 Å². The number of nitrogens with zero attached hydrogens (tertiary/aromatic N) is 1. The summed E-state index contributed by atoms with van der Waals surface area (Å²) in [6.07, 6.45) is 9.54. The molecule has 198 valence electrons. The Balaban J connectivity index is 1.66. The first-order valence-electron chi connectivity index (χ1n) is 14.2. The molecule has 0 bridgehead atoms. The van der Waals surface area contributed by atoms with Crippen molar-refractivity contribution in [3.8, 4) is 6.07 Å². The van der Waals surface area contributed by atoms with Gasteiger partial charge in [0, 0.05) is 23.2 Å². The van der Waals surface area contributed by atoms with Crippen molar-refractivity contribution in [3.63, 3.8) is 0 Å². The van der Waals surface area contributed by atoms with Crippen LogP contribution in [0.1, 0.15) is 106 Å². The Kier molecular flexibility index (Phi) is 5.26. The van der Waals surface area contributed by atoms with E-state index in [2.05, 4.69) is 67.2 Å². The molecule has 0 spiro atoms. The van der Waals surface area contributed by atoms with Crippen LogP contribution >= 0.6 is 0 Å². The molecule has 0 radical (unpaired) electrons. The van der Waals surface area contributed by atoms with Gasteiger partial charge in [-0.3, -0.25) is 4.79 Å². The Labute approximate surface area is 218 Å². The van der Waals surface area contributed by atoms with E-state index in [1.165, 1.54) is 0 Å². The van der Waals surface area contributed by atoms with Crippen LogP contribution in [-0.4, -0.2) is 21.6 Å². The maximum absolute atomic E-state index is 14.5. The highest BCUT2D eigenvalue weighted by atomic mass is 16.3. The van der Waals surface area contributed by atoms with E-state index in [0.717, 1.165) is 44.9 Å². The molecule has 0 aliphatic heterocycles. The lowest BCUT2D eigenvalue weighted by Crippen LogP contribution is -2.76. The molecule has 4 fully saturated rings. The molecule has 0 aromatic rings. The molecule has 7 unspecified atom stereocenters. The van der Waals surface area contributed by atoms with Crippen molar-refractivity contribution < 1.29 is 15.0 Å². The number of hydrogen-bond donors (Lipinski definition) is 2. The van der Waals surface area contributed by atoms with Gasteiger partial charge in [0.05, 0.1) is 11.6 Å². The average molecular weight is 494 g/mol. The average Bonchev–Trinajstić information content (AvgIpc) is 2.80. The van der Waals surface area contributed by atoms with Gasteiger partial charge in [0.2, 0.25) is 0 Å². The van der Waals surface area contributed by atoms with Crippen LogP contribution in [0.25, 0.3) is 0 Å². The van der Waals surface area contributed by atoms with Gasteiger partial charge >= 0.3 is 0 Å². The fraction of sp³-hybridized carbons (Fsp3) is 0.812. The predicted octanol–water partition coefficient (Wildman–Crippen LogP) is 7.29. The van der Waals surface area contributed by atoms with Crippen molar-refractivity contribution in [2.45, 2.75) is 112 Å². The zero-order valence-corrected chi connectivity index (χ0v) is 23.6. The van der Waals surface area contributed by atoms with Crippen LogP contribution in [-0.2, 0) is 4.79 Å². The summed E-state index contributed by atoms with van der Waals surface area (Å²) in [6, 6.07) is 2.30. The summed E-state index contributed by atoms with van der Waals surface area (Å²) in [7, 11) is 0. The lowest BCUT2D eigenvalue weighted by molar-refractivity contribution is -0.283. The third-order valence-electron chi connectivity index (χ3n) is 13.4. The number of allylic oxidation sites excluding steroid dienone is 3. The van der Waals surface area contributed by atoms with Crippen molar-refractivity contribution in [2.24, 2.45) is 50.2 Å². The fourth-order valence-electron chi connectivity index (χ4n) is 11.0. The van der Waals surface area contributed by atoms with E-state index in [1.807, 2.05) is 0 Å². The van der Waals surface area contributed by atoms with E-state index in [1.54, 1.807) is 0 Å². The van der Waals surface area contributed by atoms with Crippen LogP contribution < -0.4 is 0 Å². The Hall–Kier alpha value is -1.60. The minimum absolute atomic E-state index is 0.0121. The largest absolute Gasteiger partial charge is 0.511 e. The molecular formula is C32H47NO3. The molecule has 4 nitrogen and oxygen atoms in total. The van der Waals surface area contributed by atoms with Gasteiger partial charge in [-0.2, -0.15) is 5.26 Å². The first kappa shape index (κ1) is 26.0. The summed E-state index contributed by atoms with van der Waals surface area (Å²) in [5, 5.41) is 33.8. The lowest BCUT2D eigenvalue weighted by Gasteiger charge is -2.74. The van der Waals surface area contributed by atoms with E-state index < -0.39 is 16.4 Å². The van der Waals surface area contributed by atoms with E-state index in [-0.39, 0.29) is 51.0 Å². The summed E-state index contributed by atoms with van der Waals surface area (Å²) in [5.41, 5.74) is -2.56. The van der Waals surface area contributed by atoms with Gasteiger partial charge in [-0.1, -0.05) is 54.5 Å². The number of aliphatic hydroxyl groups is 2. The minimum Gasteiger partial charge on any atom is -0.511 e. The molecule has 0 saturated heterocycles. The monoisotopic (exact) mass is 493 g/mol. The molecule has 2 N–H and O–H groups in total. The third-order valence-corrected chi connectivity index (χ3v) is 13.4. The molecule has 5 rings (SSSR count). The molecule has 4 saturated carbocycles. The van der Waals surface area contributed by atoms with E-state index in [9.17, 15) is 20.3 Å². The smallest absolute Gasteiger partial charge is 0.165 e. The third kappa shape index (κ3) is 2.77. The summed E-state index contributed by atoms with van der Waals surface area (Å²) in [5.74, 6) is 0.386. The van der Waals surface area contributed by atoms with Crippen LogP contribution in [0.2, 0.25) is 0 Å². The standard InChI is InChI=1S/C32H47NO3/c1-9-31-14-12-26(2,3)18-23(31)32(36)24(34)16-22-28(6)17-20(19-33)25(35)27(4,5)21(28)10-11-29(22,7)30(32,8)13-15-31/h9,21-23,35-36H,1,10-18H2,2-8H3/t21?,22?,23?,28?,29?,30-,31?,32?/m0/s1. The van der Waals surface area contributed by atoms with Crippen molar-refractivity contribution in [2.75, 3.05) is 0 Å². The molecule has 5 aliphatic rings. The zero-order chi connectivity index (χ0) is 26.7. The molecule has 36 heavy (non-hydrogen) atoms.